The van der Waals surface area contributed by atoms with Gasteiger partial charge in [0.1, 0.15) is 0 Å². The maximum Gasteiger partial charge on any atom is 0.217 e. The molecule has 1 N–H and O–H groups in total. The third-order valence-corrected chi connectivity index (χ3v) is 4.41. The Hall–Kier alpha value is -1.86. The third kappa shape index (κ3) is 3.66. The van der Waals surface area contributed by atoms with E-state index in [2.05, 4.69) is 30.5 Å². The Labute approximate surface area is 133 Å². The van der Waals surface area contributed by atoms with Crippen LogP contribution in [0.25, 0.3) is 0 Å². The molecule has 1 aliphatic rings. The molecule has 7 heteroatoms. The summed E-state index contributed by atoms with van der Waals surface area (Å²) in [5.41, 5.74) is 4.76. The molecule has 3 rings (SSSR count). The Morgan fingerprint density at radius 2 is 2.36 bits per heavy atom. The molecule has 3 heterocycles. The van der Waals surface area contributed by atoms with E-state index in [1.54, 1.807) is 17.5 Å². The summed E-state index contributed by atoms with van der Waals surface area (Å²) < 4.78 is 0. The average Bonchev–Trinajstić information content (AvgIpc) is 3.18. The molecule has 1 unspecified atom stereocenters. The summed E-state index contributed by atoms with van der Waals surface area (Å²) in [6.07, 6.45) is 5.79. The zero-order valence-electron chi connectivity index (χ0n) is 12.5. The lowest BCUT2D eigenvalue weighted by Crippen LogP contribution is -2.25. The first-order valence-corrected chi connectivity index (χ1v) is 8.33. The molecule has 2 aromatic heterocycles. The van der Waals surface area contributed by atoms with Crippen LogP contribution in [-0.2, 0) is 17.9 Å². The topological polar surface area (TPSA) is 71.0 Å². The van der Waals surface area contributed by atoms with Crippen molar-refractivity contribution < 1.29 is 4.79 Å². The van der Waals surface area contributed by atoms with Gasteiger partial charge in [-0.2, -0.15) is 0 Å². The molecular weight excluding hydrogens is 298 g/mol. The van der Waals surface area contributed by atoms with Crippen molar-refractivity contribution in [2.45, 2.75) is 38.9 Å². The fourth-order valence-electron chi connectivity index (χ4n) is 2.76. The number of carbonyl (C=O) groups excluding carboxylic acids is 1. The quantitative estimate of drug-likeness (QED) is 0.912. The predicted octanol–water partition coefficient (Wildman–Crippen LogP) is 1.91. The van der Waals surface area contributed by atoms with E-state index in [0.29, 0.717) is 6.54 Å². The predicted molar refractivity (Wildman–Crippen MR) is 84.1 cm³/mol. The van der Waals surface area contributed by atoms with Gasteiger partial charge in [-0.15, -0.1) is 11.3 Å². The minimum Gasteiger partial charge on any atom is -0.351 e. The molecule has 1 fully saturated rings. The molecule has 0 radical (unpaired) electrons. The molecule has 2 aromatic rings. The normalized spacial score (nSPS) is 18.5. The highest BCUT2D eigenvalue weighted by Crippen LogP contribution is 2.31. The van der Waals surface area contributed by atoms with Crippen molar-refractivity contribution >= 4 is 17.2 Å². The Balaban J connectivity index is 1.71. The van der Waals surface area contributed by atoms with Crippen molar-refractivity contribution in [3.05, 3.63) is 40.4 Å². The van der Waals surface area contributed by atoms with E-state index in [9.17, 15) is 4.79 Å². The average molecular weight is 317 g/mol. The van der Waals surface area contributed by atoms with Gasteiger partial charge in [0, 0.05) is 18.8 Å². The lowest BCUT2D eigenvalue weighted by Gasteiger charge is -2.23. The molecule has 0 aromatic carbocycles. The second kappa shape index (κ2) is 6.93. The second-order valence-electron chi connectivity index (χ2n) is 5.45. The van der Waals surface area contributed by atoms with Crippen molar-refractivity contribution in [2.75, 3.05) is 6.54 Å². The Morgan fingerprint density at radius 3 is 3.14 bits per heavy atom. The molecule has 1 amide bonds. The van der Waals surface area contributed by atoms with Crippen LogP contribution in [0.2, 0.25) is 0 Å². The van der Waals surface area contributed by atoms with Gasteiger partial charge in [-0.3, -0.25) is 19.7 Å². The standard InChI is InChI=1S/C15H19N5OS/c1-11(21)17-6-12-5-16-7-14(19-12)15-3-2-4-20(15)8-13-9-22-10-18-13/h5,7,9-10,15H,2-4,6,8H2,1H3,(H,17,21). The zero-order valence-corrected chi connectivity index (χ0v) is 13.3. The summed E-state index contributed by atoms with van der Waals surface area (Å²) >= 11 is 1.63. The maximum absolute atomic E-state index is 11.0. The summed E-state index contributed by atoms with van der Waals surface area (Å²) in [7, 11) is 0. The summed E-state index contributed by atoms with van der Waals surface area (Å²) in [6, 6.07) is 0.284. The van der Waals surface area contributed by atoms with Crippen LogP contribution in [0.3, 0.4) is 0 Å². The van der Waals surface area contributed by atoms with Gasteiger partial charge in [-0.25, -0.2) is 4.98 Å². The van der Waals surface area contributed by atoms with E-state index < -0.39 is 0 Å². The monoisotopic (exact) mass is 317 g/mol. The Morgan fingerprint density at radius 1 is 1.45 bits per heavy atom. The van der Waals surface area contributed by atoms with E-state index >= 15 is 0 Å². The summed E-state index contributed by atoms with van der Waals surface area (Å²) in [5, 5.41) is 4.86. The zero-order chi connectivity index (χ0) is 15.4. The van der Waals surface area contributed by atoms with Crippen molar-refractivity contribution in [2.24, 2.45) is 0 Å². The minimum atomic E-state index is -0.0572. The number of amides is 1. The van der Waals surface area contributed by atoms with E-state index in [-0.39, 0.29) is 11.9 Å². The number of thiazole rings is 1. The van der Waals surface area contributed by atoms with Gasteiger partial charge in [0.05, 0.1) is 47.6 Å². The molecule has 116 valence electrons. The highest BCUT2D eigenvalue weighted by Gasteiger charge is 2.27. The van der Waals surface area contributed by atoms with Gasteiger partial charge < -0.3 is 5.32 Å². The SMILES string of the molecule is CC(=O)NCc1cncc(C2CCCN2Cc2cscn2)n1. The molecule has 1 atom stereocenters. The van der Waals surface area contributed by atoms with E-state index in [1.807, 2.05) is 11.7 Å². The first-order chi connectivity index (χ1) is 10.7. The van der Waals surface area contributed by atoms with Crippen LogP contribution < -0.4 is 5.32 Å². The van der Waals surface area contributed by atoms with Crippen LogP contribution in [0, 0.1) is 0 Å². The highest BCUT2D eigenvalue weighted by atomic mass is 32.1. The van der Waals surface area contributed by atoms with Crippen molar-refractivity contribution in [3.8, 4) is 0 Å². The van der Waals surface area contributed by atoms with Crippen LogP contribution in [0.5, 0.6) is 0 Å². The first kappa shape index (κ1) is 15.1. The molecule has 0 saturated carbocycles. The van der Waals surface area contributed by atoms with E-state index in [4.69, 9.17) is 0 Å². The summed E-state index contributed by atoms with van der Waals surface area (Å²) in [4.78, 5) is 26.7. The van der Waals surface area contributed by atoms with Gasteiger partial charge in [-0.05, 0) is 19.4 Å². The van der Waals surface area contributed by atoms with Gasteiger partial charge in [-0.1, -0.05) is 0 Å². The number of nitrogens with one attached hydrogen (secondary N) is 1. The highest BCUT2D eigenvalue weighted by molar-refractivity contribution is 7.07. The van der Waals surface area contributed by atoms with Crippen LogP contribution in [-0.4, -0.2) is 32.3 Å². The number of hydrogen-bond acceptors (Lipinski definition) is 6. The summed E-state index contributed by atoms with van der Waals surface area (Å²) in [5.74, 6) is -0.0572. The number of hydrogen-bond donors (Lipinski definition) is 1. The molecule has 0 spiro atoms. The molecule has 22 heavy (non-hydrogen) atoms. The lowest BCUT2D eigenvalue weighted by molar-refractivity contribution is -0.119. The smallest absolute Gasteiger partial charge is 0.217 e. The molecule has 6 nitrogen and oxygen atoms in total. The van der Waals surface area contributed by atoms with Gasteiger partial charge in [0.15, 0.2) is 0 Å². The number of rotatable bonds is 5. The number of nitrogens with zero attached hydrogens (tertiary/aromatic N) is 4. The second-order valence-corrected chi connectivity index (χ2v) is 6.17. The molecule has 1 saturated heterocycles. The van der Waals surface area contributed by atoms with E-state index in [0.717, 1.165) is 43.0 Å². The van der Waals surface area contributed by atoms with Crippen molar-refractivity contribution in [1.29, 1.82) is 0 Å². The molecule has 1 aliphatic heterocycles. The van der Waals surface area contributed by atoms with Crippen LogP contribution in [0.15, 0.2) is 23.3 Å². The number of carbonyl (C=O) groups is 1. The van der Waals surface area contributed by atoms with Crippen LogP contribution in [0.4, 0.5) is 0 Å². The third-order valence-electron chi connectivity index (χ3n) is 3.78. The van der Waals surface area contributed by atoms with Gasteiger partial charge >= 0.3 is 0 Å². The maximum atomic E-state index is 11.0. The van der Waals surface area contributed by atoms with Crippen molar-refractivity contribution in [1.82, 2.24) is 25.2 Å². The first-order valence-electron chi connectivity index (χ1n) is 7.39. The number of aromatic nitrogens is 3. The molecule has 0 bridgehead atoms. The Bertz CT molecular complexity index is 631. The minimum absolute atomic E-state index is 0.0572. The van der Waals surface area contributed by atoms with Crippen LogP contribution >= 0.6 is 11.3 Å². The summed E-state index contributed by atoms with van der Waals surface area (Å²) in [6.45, 7) is 3.84. The van der Waals surface area contributed by atoms with E-state index in [1.165, 1.54) is 6.92 Å². The number of likely N-dealkylation sites (tertiary alicyclic amines) is 1. The fraction of sp³-hybridized carbons (Fsp3) is 0.467. The van der Waals surface area contributed by atoms with Gasteiger partial charge in [0.25, 0.3) is 0 Å². The largest absolute Gasteiger partial charge is 0.351 e. The molecular formula is C15H19N5OS. The molecule has 0 aliphatic carbocycles. The lowest BCUT2D eigenvalue weighted by atomic mass is 10.1. The van der Waals surface area contributed by atoms with Crippen molar-refractivity contribution in [3.63, 3.8) is 0 Å². The fourth-order valence-corrected chi connectivity index (χ4v) is 3.31. The van der Waals surface area contributed by atoms with Crippen LogP contribution in [0.1, 0.15) is 42.9 Å². The van der Waals surface area contributed by atoms with Gasteiger partial charge in [0.2, 0.25) is 5.91 Å². The Kier molecular flexibility index (Phi) is 4.74.